The summed E-state index contributed by atoms with van der Waals surface area (Å²) >= 11 is 0. The standard InChI is InChI=1S/C28H33NO5/c1-18(2)17-33-25-15-22-9-7-6-8-21(22)14-24(25)26(30)29-16-19(3)20-10-12-23(13-11-20)34-28(4,5)27(31)32/h6-15,18-19H,16-17H2,1-5H3,(H,29,30)(H,31,32). The predicted octanol–water partition coefficient (Wildman–Crippen LogP) is 5.65. The predicted molar refractivity (Wildman–Crippen MR) is 134 cm³/mol. The van der Waals surface area contributed by atoms with Crippen molar-refractivity contribution < 1.29 is 24.2 Å². The van der Waals surface area contributed by atoms with Crippen LogP contribution in [0.25, 0.3) is 10.8 Å². The van der Waals surface area contributed by atoms with Crippen molar-refractivity contribution in [2.45, 2.75) is 46.1 Å². The van der Waals surface area contributed by atoms with Crippen LogP contribution in [-0.4, -0.2) is 35.7 Å². The maximum absolute atomic E-state index is 13.1. The van der Waals surface area contributed by atoms with Crippen LogP contribution in [0.1, 0.15) is 56.5 Å². The minimum Gasteiger partial charge on any atom is -0.492 e. The second-order valence-electron chi connectivity index (χ2n) is 9.50. The number of carbonyl (C=O) groups is 2. The normalized spacial score (nSPS) is 12.4. The van der Waals surface area contributed by atoms with E-state index < -0.39 is 11.6 Å². The number of fused-ring (bicyclic) bond motifs is 1. The first-order chi connectivity index (χ1) is 16.1. The molecule has 0 aliphatic heterocycles. The zero-order chi connectivity index (χ0) is 24.9. The van der Waals surface area contributed by atoms with Crippen LogP contribution in [0, 0.1) is 5.92 Å². The van der Waals surface area contributed by atoms with Gasteiger partial charge in [0, 0.05) is 6.54 Å². The molecule has 1 amide bonds. The van der Waals surface area contributed by atoms with Crippen molar-refractivity contribution in [3.63, 3.8) is 0 Å². The summed E-state index contributed by atoms with van der Waals surface area (Å²) in [7, 11) is 0. The first kappa shape index (κ1) is 25.1. The van der Waals surface area contributed by atoms with Crippen molar-refractivity contribution in [1.29, 1.82) is 0 Å². The molecule has 0 heterocycles. The van der Waals surface area contributed by atoms with E-state index in [0.29, 0.717) is 36.1 Å². The molecule has 1 atom stereocenters. The van der Waals surface area contributed by atoms with Crippen molar-refractivity contribution in [3.8, 4) is 11.5 Å². The Morgan fingerprint density at radius 3 is 2.18 bits per heavy atom. The molecule has 0 spiro atoms. The van der Waals surface area contributed by atoms with Gasteiger partial charge in [-0.25, -0.2) is 4.79 Å². The average molecular weight is 464 g/mol. The first-order valence-corrected chi connectivity index (χ1v) is 11.5. The molecule has 0 radical (unpaired) electrons. The lowest BCUT2D eigenvalue weighted by Gasteiger charge is -2.22. The number of carboxylic acids is 1. The molecule has 180 valence electrons. The molecule has 34 heavy (non-hydrogen) atoms. The highest BCUT2D eigenvalue weighted by atomic mass is 16.5. The summed E-state index contributed by atoms with van der Waals surface area (Å²) in [6, 6.07) is 19.0. The molecule has 0 aliphatic rings. The van der Waals surface area contributed by atoms with E-state index in [9.17, 15) is 14.7 Å². The molecule has 0 fully saturated rings. The van der Waals surface area contributed by atoms with Crippen LogP contribution in [-0.2, 0) is 4.79 Å². The number of hydrogen-bond acceptors (Lipinski definition) is 4. The average Bonchev–Trinajstić information content (AvgIpc) is 2.80. The number of amides is 1. The highest BCUT2D eigenvalue weighted by molar-refractivity contribution is 6.01. The van der Waals surface area contributed by atoms with Gasteiger partial charge in [0.15, 0.2) is 5.60 Å². The van der Waals surface area contributed by atoms with Crippen LogP contribution in [0.4, 0.5) is 0 Å². The van der Waals surface area contributed by atoms with Crippen molar-refractivity contribution >= 4 is 22.6 Å². The van der Waals surface area contributed by atoms with Gasteiger partial charge in [0.05, 0.1) is 12.2 Å². The van der Waals surface area contributed by atoms with Gasteiger partial charge in [0.1, 0.15) is 11.5 Å². The van der Waals surface area contributed by atoms with Gasteiger partial charge < -0.3 is 19.9 Å². The molecule has 6 nitrogen and oxygen atoms in total. The largest absolute Gasteiger partial charge is 0.492 e. The zero-order valence-corrected chi connectivity index (χ0v) is 20.4. The number of benzene rings is 3. The van der Waals surface area contributed by atoms with Crippen molar-refractivity contribution in [3.05, 3.63) is 71.8 Å². The fourth-order valence-electron chi connectivity index (χ4n) is 3.43. The zero-order valence-electron chi connectivity index (χ0n) is 20.4. The molecule has 6 heteroatoms. The van der Waals surface area contributed by atoms with Gasteiger partial charge in [0.2, 0.25) is 0 Å². The van der Waals surface area contributed by atoms with Gasteiger partial charge in [-0.2, -0.15) is 0 Å². The fourth-order valence-corrected chi connectivity index (χ4v) is 3.43. The number of rotatable bonds is 10. The van der Waals surface area contributed by atoms with Gasteiger partial charge in [0.25, 0.3) is 5.91 Å². The van der Waals surface area contributed by atoms with Crippen LogP contribution in [0.3, 0.4) is 0 Å². The number of hydrogen-bond donors (Lipinski definition) is 2. The molecule has 3 aromatic rings. The summed E-state index contributed by atoms with van der Waals surface area (Å²) in [5.41, 5.74) is 0.220. The van der Waals surface area contributed by atoms with E-state index in [1.807, 2.05) is 55.5 Å². The van der Waals surface area contributed by atoms with E-state index in [2.05, 4.69) is 19.2 Å². The molecule has 0 bridgehead atoms. The van der Waals surface area contributed by atoms with E-state index in [1.54, 1.807) is 12.1 Å². The molecule has 2 N–H and O–H groups in total. The second kappa shape index (κ2) is 10.6. The van der Waals surface area contributed by atoms with Gasteiger partial charge in [-0.15, -0.1) is 0 Å². The van der Waals surface area contributed by atoms with E-state index in [1.165, 1.54) is 13.8 Å². The molecule has 1 unspecified atom stereocenters. The number of nitrogens with one attached hydrogen (secondary N) is 1. The molecule has 0 saturated carbocycles. The lowest BCUT2D eigenvalue weighted by Crippen LogP contribution is -2.37. The van der Waals surface area contributed by atoms with E-state index >= 15 is 0 Å². The third-order valence-corrected chi connectivity index (χ3v) is 5.57. The van der Waals surface area contributed by atoms with Crippen molar-refractivity contribution in [2.24, 2.45) is 5.92 Å². The highest BCUT2D eigenvalue weighted by Gasteiger charge is 2.29. The highest BCUT2D eigenvalue weighted by Crippen LogP contribution is 2.27. The van der Waals surface area contributed by atoms with Crippen LogP contribution >= 0.6 is 0 Å². The third kappa shape index (κ3) is 6.28. The maximum Gasteiger partial charge on any atom is 0.347 e. The Morgan fingerprint density at radius 1 is 0.971 bits per heavy atom. The Kier molecular flexibility index (Phi) is 7.82. The summed E-state index contributed by atoms with van der Waals surface area (Å²) in [5.74, 6) is 0.245. The Balaban J connectivity index is 1.70. The van der Waals surface area contributed by atoms with E-state index in [0.717, 1.165) is 16.3 Å². The molecule has 3 rings (SSSR count). The second-order valence-corrected chi connectivity index (χ2v) is 9.50. The van der Waals surface area contributed by atoms with Crippen LogP contribution in [0.5, 0.6) is 11.5 Å². The Labute approximate surface area is 200 Å². The Bertz CT molecular complexity index is 1150. The van der Waals surface area contributed by atoms with Gasteiger partial charge in [-0.1, -0.05) is 57.2 Å². The summed E-state index contributed by atoms with van der Waals surface area (Å²) < 4.78 is 11.5. The summed E-state index contributed by atoms with van der Waals surface area (Å²) in [6.45, 7) is 10.1. The minimum absolute atomic E-state index is 0.0472. The lowest BCUT2D eigenvalue weighted by atomic mass is 10.0. The Morgan fingerprint density at radius 2 is 1.59 bits per heavy atom. The van der Waals surface area contributed by atoms with Crippen LogP contribution in [0.2, 0.25) is 0 Å². The molecule has 0 aromatic heterocycles. The Hall–Kier alpha value is -3.54. The number of carboxylic acid groups (broad SMARTS) is 1. The van der Waals surface area contributed by atoms with Crippen molar-refractivity contribution in [2.75, 3.05) is 13.2 Å². The molecule has 0 saturated heterocycles. The smallest absolute Gasteiger partial charge is 0.347 e. The third-order valence-electron chi connectivity index (χ3n) is 5.57. The van der Waals surface area contributed by atoms with Crippen LogP contribution in [0.15, 0.2) is 60.7 Å². The first-order valence-electron chi connectivity index (χ1n) is 11.5. The van der Waals surface area contributed by atoms with Gasteiger partial charge >= 0.3 is 5.97 Å². The number of carbonyl (C=O) groups excluding carboxylic acids is 1. The summed E-state index contributed by atoms with van der Waals surface area (Å²) in [6.07, 6.45) is 0. The minimum atomic E-state index is -1.31. The van der Waals surface area contributed by atoms with Crippen LogP contribution < -0.4 is 14.8 Å². The number of ether oxygens (including phenoxy) is 2. The summed E-state index contributed by atoms with van der Waals surface area (Å²) in [5, 5.41) is 14.3. The summed E-state index contributed by atoms with van der Waals surface area (Å²) in [4.78, 5) is 24.4. The number of aliphatic carboxylic acids is 1. The fraction of sp³-hybridized carbons (Fsp3) is 0.357. The topological polar surface area (TPSA) is 84.9 Å². The monoisotopic (exact) mass is 463 g/mol. The van der Waals surface area contributed by atoms with E-state index in [4.69, 9.17) is 9.47 Å². The quantitative estimate of drug-likeness (QED) is 0.406. The molecular weight excluding hydrogens is 430 g/mol. The van der Waals surface area contributed by atoms with E-state index in [-0.39, 0.29) is 11.8 Å². The molecular formula is C28H33NO5. The SMILES string of the molecule is CC(C)COc1cc2ccccc2cc1C(=O)NCC(C)c1ccc(OC(C)(C)C(=O)O)cc1. The van der Waals surface area contributed by atoms with Gasteiger partial charge in [-0.3, -0.25) is 4.79 Å². The lowest BCUT2D eigenvalue weighted by molar-refractivity contribution is -0.152. The van der Waals surface area contributed by atoms with Crippen molar-refractivity contribution in [1.82, 2.24) is 5.32 Å². The molecule has 0 aliphatic carbocycles. The molecule has 3 aromatic carbocycles. The van der Waals surface area contributed by atoms with Gasteiger partial charge in [-0.05, 0) is 66.3 Å². The maximum atomic E-state index is 13.1.